The van der Waals surface area contributed by atoms with Gasteiger partial charge in [-0.2, -0.15) is 0 Å². The molecule has 2 heterocycles. The molecule has 0 aliphatic heterocycles. The van der Waals surface area contributed by atoms with E-state index in [-0.39, 0.29) is 0 Å². The van der Waals surface area contributed by atoms with Crippen molar-refractivity contribution in [1.29, 1.82) is 0 Å². The minimum absolute atomic E-state index is 0.466. The molecule has 0 saturated heterocycles. The molecule has 0 radical (unpaired) electrons. The first-order chi connectivity index (χ1) is 10.7. The summed E-state index contributed by atoms with van der Waals surface area (Å²) in [4.78, 5) is 9.15. The zero-order valence-electron chi connectivity index (χ0n) is 12.5. The van der Waals surface area contributed by atoms with Gasteiger partial charge in [0.2, 0.25) is 0 Å². The second-order valence-corrected chi connectivity index (χ2v) is 7.77. The highest BCUT2D eigenvalue weighted by atomic mass is 32.1. The van der Waals surface area contributed by atoms with Gasteiger partial charge in [-0.15, -0.1) is 22.7 Å². The van der Waals surface area contributed by atoms with Crippen molar-refractivity contribution in [3.05, 3.63) is 58.0 Å². The number of rotatable bonds is 3. The molecule has 0 spiro atoms. The Morgan fingerprint density at radius 1 is 1.05 bits per heavy atom. The van der Waals surface area contributed by atoms with Gasteiger partial charge in [-0.05, 0) is 48.2 Å². The summed E-state index contributed by atoms with van der Waals surface area (Å²) in [6.07, 6.45) is 0.989. The summed E-state index contributed by atoms with van der Waals surface area (Å²) in [5.41, 5.74) is 6.77. The highest BCUT2D eigenvalue weighted by molar-refractivity contribution is 7.18. The second kappa shape index (κ2) is 5.45. The molecule has 1 atom stereocenters. The highest BCUT2D eigenvalue weighted by Gasteiger charge is 2.12. The van der Waals surface area contributed by atoms with Gasteiger partial charge in [-0.25, -0.2) is 9.97 Å². The zero-order chi connectivity index (χ0) is 15.1. The van der Waals surface area contributed by atoms with Gasteiger partial charge < -0.3 is 0 Å². The maximum absolute atomic E-state index is 4.80. The van der Waals surface area contributed by atoms with Crippen molar-refractivity contribution in [3.8, 4) is 0 Å². The van der Waals surface area contributed by atoms with Crippen LogP contribution in [0.4, 0.5) is 0 Å². The van der Waals surface area contributed by atoms with Crippen LogP contribution in [-0.2, 0) is 6.42 Å². The largest absolute Gasteiger partial charge is 0.245 e. The van der Waals surface area contributed by atoms with E-state index >= 15 is 0 Å². The quantitative estimate of drug-likeness (QED) is 0.493. The molecule has 1 unspecified atom stereocenters. The van der Waals surface area contributed by atoms with Crippen molar-refractivity contribution in [2.75, 3.05) is 0 Å². The molecule has 2 nitrogen and oxygen atoms in total. The molecule has 0 bridgehead atoms. The molecule has 4 heteroatoms. The number of hydrogen-bond donors (Lipinski definition) is 0. The lowest BCUT2D eigenvalue weighted by molar-refractivity contribution is 0.757. The number of aryl methyl sites for hydroxylation is 1. The van der Waals surface area contributed by atoms with Gasteiger partial charge in [0.1, 0.15) is 0 Å². The van der Waals surface area contributed by atoms with Crippen LogP contribution in [0.2, 0.25) is 0 Å². The number of nitrogens with zero attached hydrogens (tertiary/aromatic N) is 2. The monoisotopic (exact) mass is 324 g/mol. The lowest BCUT2D eigenvalue weighted by Gasteiger charge is -2.09. The third kappa shape index (κ3) is 2.53. The van der Waals surface area contributed by atoms with E-state index in [2.05, 4.69) is 55.2 Å². The fourth-order valence-electron chi connectivity index (χ4n) is 2.73. The Balaban J connectivity index is 1.62. The fourth-order valence-corrected chi connectivity index (χ4v) is 4.53. The first-order valence-electron chi connectivity index (χ1n) is 7.38. The Bertz CT molecular complexity index is 952. The van der Waals surface area contributed by atoms with Crippen LogP contribution in [0.5, 0.6) is 0 Å². The van der Waals surface area contributed by atoms with E-state index in [0.29, 0.717) is 5.92 Å². The molecule has 0 fully saturated rings. The number of benzene rings is 2. The Labute approximate surface area is 137 Å². The summed E-state index contributed by atoms with van der Waals surface area (Å²) >= 11 is 3.52. The van der Waals surface area contributed by atoms with E-state index in [1.807, 2.05) is 16.8 Å². The third-order valence-corrected chi connectivity index (χ3v) is 5.84. The molecular weight excluding hydrogens is 308 g/mol. The number of hydrogen-bond acceptors (Lipinski definition) is 4. The summed E-state index contributed by atoms with van der Waals surface area (Å²) in [5.74, 6) is 0.466. The van der Waals surface area contributed by atoms with E-state index in [4.69, 9.17) is 4.98 Å². The third-order valence-electron chi connectivity index (χ3n) is 3.99. The minimum atomic E-state index is 0.466. The minimum Gasteiger partial charge on any atom is -0.245 e. The van der Waals surface area contributed by atoms with E-state index in [9.17, 15) is 0 Å². The van der Waals surface area contributed by atoms with E-state index < -0.39 is 0 Å². The van der Waals surface area contributed by atoms with Crippen LogP contribution >= 0.6 is 22.7 Å². The van der Waals surface area contributed by atoms with Crippen LogP contribution in [0.25, 0.3) is 20.4 Å². The molecule has 2 aromatic heterocycles. The van der Waals surface area contributed by atoms with E-state index in [1.54, 1.807) is 11.3 Å². The standard InChI is InChI=1S/C18H16N2S2/c1-11-3-6-16-15(7-11)20-18(22-16)8-12(2)13-4-5-14-17(9-13)21-10-19-14/h3-7,9-10,12H,8H2,1-2H3. The molecular formula is C18H16N2S2. The average Bonchev–Trinajstić information content (AvgIpc) is 3.11. The van der Waals surface area contributed by atoms with Crippen LogP contribution in [-0.4, -0.2) is 9.97 Å². The summed E-state index contributed by atoms with van der Waals surface area (Å²) in [6.45, 7) is 4.39. The van der Waals surface area contributed by atoms with Gasteiger partial charge in [0.15, 0.2) is 0 Å². The van der Waals surface area contributed by atoms with Crippen molar-refractivity contribution in [2.24, 2.45) is 0 Å². The number of fused-ring (bicyclic) bond motifs is 2. The van der Waals surface area contributed by atoms with Crippen molar-refractivity contribution in [3.63, 3.8) is 0 Å². The van der Waals surface area contributed by atoms with Crippen LogP contribution in [0, 0.1) is 6.92 Å². The van der Waals surface area contributed by atoms with Crippen LogP contribution in [0.1, 0.15) is 29.0 Å². The predicted octanol–water partition coefficient (Wildman–Crippen LogP) is 5.56. The molecule has 110 valence electrons. The first-order valence-corrected chi connectivity index (χ1v) is 9.08. The Hall–Kier alpha value is -1.78. The molecule has 4 aromatic rings. The number of aromatic nitrogens is 2. The Morgan fingerprint density at radius 3 is 2.86 bits per heavy atom. The van der Waals surface area contributed by atoms with Gasteiger partial charge >= 0.3 is 0 Å². The van der Waals surface area contributed by atoms with Crippen LogP contribution < -0.4 is 0 Å². The fraction of sp³-hybridized carbons (Fsp3) is 0.222. The van der Waals surface area contributed by atoms with Crippen LogP contribution in [0.15, 0.2) is 41.9 Å². The smallest absolute Gasteiger partial charge is 0.0944 e. The summed E-state index contributed by atoms with van der Waals surface area (Å²) < 4.78 is 2.55. The lowest BCUT2D eigenvalue weighted by atomic mass is 9.98. The number of thiazole rings is 2. The topological polar surface area (TPSA) is 25.8 Å². The summed E-state index contributed by atoms with van der Waals surface area (Å²) in [7, 11) is 0. The van der Waals surface area contributed by atoms with Crippen LogP contribution in [0.3, 0.4) is 0 Å². The Morgan fingerprint density at radius 2 is 1.95 bits per heavy atom. The van der Waals surface area contributed by atoms with Crippen molar-refractivity contribution in [1.82, 2.24) is 9.97 Å². The van der Waals surface area contributed by atoms with Crippen molar-refractivity contribution in [2.45, 2.75) is 26.2 Å². The zero-order valence-corrected chi connectivity index (χ0v) is 14.2. The molecule has 0 N–H and O–H groups in total. The molecule has 22 heavy (non-hydrogen) atoms. The molecule has 2 aromatic carbocycles. The molecule has 0 saturated carbocycles. The van der Waals surface area contributed by atoms with Gasteiger partial charge in [-0.3, -0.25) is 0 Å². The van der Waals surface area contributed by atoms with Crippen molar-refractivity contribution < 1.29 is 0 Å². The highest BCUT2D eigenvalue weighted by Crippen LogP contribution is 2.29. The van der Waals surface area contributed by atoms with E-state index in [0.717, 1.165) is 17.5 Å². The van der Waals surface area contributed by atoms with Gasteiger partial charge in [0.05, 0.1) is 31.0 Å². The maximum Gasteiger partial charge on any atom is 0.0944 e. The first kappa shape index (κ1) is 13.9. The normalized spacial score (nSPS) is 13.0. The van der Waals surface area contributed by atoms with Gasteiger partial charge in [-0.1, -0.05) is 19.1 Å². The molecule has 0 amide bonds. The molecule has 0 aliphatic rings. The maximum atomic E-state index is 4.80. The average molecular weight is 324 g/mol. The van der Waals surface area contributed by atoms with E-state index in [1.165, 1.54) is 25.5 Å². The van der Waals surface area contributed by atoms with Crippen molar-refractivity contribution >= 4 is 43.1 Å². The second-order valence-electron chi connectivity index (χ2n) is 5.76. The predicted molar refractivity (Wildman–Crippen MR) is 96.1 cm³/mol. The SMILES string of the molecule is Cc1ccc2sc(CC(C)c3ccc4ncsc4c3)nc2c1. The lowest BCUT2D eigenvalue weighted by Crippen LogP contribution is -1.97. The summed E-state index contributed by atoms with van der Waals surface area (Å²) in [5, 5.41) is 1.22. The van der Waals surface area contributed by atoms with Gasteiger partial charge in [0, 0.05) is 6.42 Å². The molecule has 4 rings (SSSR count). The summed E-state index contributed by atoms with van der Waals surface area (Å²) in [6, 6.07) is 13.1. The Kier molecular flexibility index (Phi) is 3.43. The van der Waals surface area contributed by atoms with Gasteiger partial charge in [0.25, 0.3) is 0 Å². The molecule has 0 aliphatic carbocycles.